The van der Waals surface area contributed by atoms with Gasteiger partial charge in [0.25, 0.3) is 0 Å². The van der Waals surface area contributed by atoms with Crippen LogP contribution in [0.1, 0.15) is 31.9 Å². The third-order valence-electron chi connectivity index (χ3n) is 3.59. The van der Waals surface area contributed by atoms with Crippen molar-refractivity contribution in [3.05, 3.63) is 23.8 Å². The highest BCUT2D eigenvalue weighted by molar-refractivity contribution is 8.00. The van der Waals surface area contributed by atoms with Gasteiger partial charge in [-0.05, 0) is 19.4 Å². The van der Waals surface area contributed by atoms with Crippen LogP contribution in [0.3, 0.4) is 0 Å². The Hall–Kier alpha value is -0.870. The lowest BCUT2D eigenvalue weighted by molar-refractivity contribution is 0.382. The van der Waals surface area contributed by atoms with Gasteiger partial charge < -0.3 is 14.8 Å². The maximum atomic E-state index is 5.47. The van der Waals surface area contributed by atoms with Gasteiger partial charge in [0, 0.05) is 34.7 Å². The summed E-state index contributed by atoms with van der Waals surface area (Å²) in [7, 11) is 3.38. The molecule has 0 saturated carbocycles. The summed E-state index contributed by atoms with van der Waals surface area (Å²) in [5.74, 6) is 2.92. The second-order valence-electron chi connectivity index (χ2n) is 5.07. The van der Waals surface area contributed by atoms with Gasteiger partial charge in [-0.1, -0.05) is 13.0 Å². The van der Waals surface area contributed by atoms with Gasteiger partial charge in [0.15, 0.2) is 0 Å². The SMILES string of the molecule is COc1ccc(C(C)NC2CSC(C)C2)c(OC)c1. The molecule has 1 aliphatic heterocycles. The first-order chi connectivity index (χ1) is 9.13. The zero-order valence-electron chi connectivity index (χ0n) is 12.1. The molecule has 1 aliphatic rings. The fourth-order valence-electron chi connectivity index (χ4n) is 2.55. The third-order valence-corrected chi connectivity index (χ3v) is 4.95. The van der Waals surface area contributed by atoms with E-state index in [4.69, 9.17) is 9.47 Å². The lowest BCUT2D eigenvalue weighted by atomic mass is 10.0. The van der Waals surface area contributed by atoms with Crippen LogP contribution < -0.4 is 14.8 Å². The summed E-state index contributed by atoms with van der Waals surface area (Å²) in [6.07, 6.45) is 1.24. The van der Waals surface area contributed by atoms with Crippen molar-refractivity contribution in [1.82, 2.24) is 5.32 Å². The number of benzene rings is 1. The Morgan fingerprint density at radius 2 is 2.11 bits per heavy atom. The Morgan fingerprint density at radius 1 is 1.32 bits per heavy atom. The smallest absolute Gasteiger partial charge is 0.127 e. The van der Waals surface area contributed by atoms with Crippen LogP contribution in [0.15, 0.2) is 18.2 Å². The Kier molecular flexibility index (Phi) is 4.99. The molecule has 0 aromatic heterocycles. The number of methoxy groups -OCH3 is 2. The van der Waals surface area contributed by atoms with Gasteiger partial charge in [-0.3, -0.25) is 0 Å². The Balaban J connectivity index is 2.07. The molecule has 3 unspecified atom stereocenters. The number of thioether (sulfide) groups is 1. The van der Waals surface area contributed by atoms with E-state index in [0.717, 1.165) is 16.7 Å². The molecule has 1 aromatic rings. The molecule has 1 heterocycles. The van der Waals surface area contributed by atoms with Crippen molar-refractivity contribution in [3.63, 3.8) is 0 Å². The Morgan fingerprint density at radius 3 is 2.68 bits per heavy atom. The van der Waals surface area contributed by atoms with Crippen LogP contribution in [0, 0.1) is 0 Å². The predicted octanol–water partition coefficient (Wildman–Crippen LogP) is 3.25. The van der Waals surface area contributed by atoms with Crippen LogP contribution in [0.2, 0.25) is 0 Å². The van der Waals surface area contributed by atoms with Gasteiger partial charge in [0.1, 0.15) is 11.5 Å². The number of ether oxygens (including phenoxy) is 2. The number of hydrogen-bond acceptors (Lipinski definition) is 4. The minimum absolute atomic E-state index is 0.289. The van der Waals surface area contributed by atoms with Gasteiger partial charge in [0.2, 0.25) is 0 Å². The molecule has 0 radical (unpaired) electrons. The molecule has 3 nitrogen and oxygen atoms in total. The van der Waals surface area contributed by atoms with E-state index in [-0.39, 0.29) is 6.04 Å². The highest BCUT2D eigenvalue weighted by atomic mass is 32.2. The highest BCUT2D eigenvalue weighted by Crippen LogP contribution is 2.32. The van der Waals surface area contributed by atoms with E-state index in [9.17, 15) is 0 Å². The van der Waals surface area contributed by atoms with Crippen LogP contribution >= 0.6 is 11.8 Å². The van der Waals surface area contributed by atoms with E-state index in [1.165, 1.54) is 17.7 Å². The van der Waals surface area contributed by atoms with E-state index < -0.39 is 0 Å². The van der Waals surface area contributed by atoms with E-state index in [2.05, 4.69) is 25.2 Å². The van der Waals surface area contributed by atoms with E-state index in [1.54, 1.807) is 14.2 Å². The summed E-state index contributed by atoms with van der Waals surface area (Å²) in [5, 5.41) is 4.46. The molecular formula is C15H23NO2S. The van der Waals surface area contributed by atoms with Crippen molar-refractivity contribution in [2.45, 2.75) is 37.6 Å². The molecule has 2 rings (SSSR count). The summed E-state index contributed by atoms with van der Waals surface area (Å²) >= 11 is 2.04. The van der Waals surface area contributed by atoms with Gasteiger partial charge in [0.05, 0.1) is 14.2 Å². The van der Waals surface area contributed by atoms with Crippen molar-refractivity contribution >= 4 is 11.8 Å². The topological polar surface area (TPSA) is 30.5 Å². The second kappa shape index (κ2) is 6.53. The fourth-order valence-corrected chi connectivity index (χ4v) is 3.71. The normalized spacial score (nSPS) is 24.2. The average molecular weight is 281 g/mol. The number of rotatable bonds is 5. The number of nitrogens with one attached hydrogen (secondary N) is 1. The monoisotopic (exact) mass is 281 g/mol. The summed E-state index contributed by atoms with van der Waals surface area (Å²) < 4.78 is 10.7. The largest absolute Gasteiger partial charge is 0.497 e. The minimum atomic E-state index is 0.289. The van der Waals surface area contributed by atoms with Gasteiger partial charge >= 0.3 is 0 Å². The molecule has 106 valence electrons. The van der Waals surface area contributed by atoms with Crippen molar-refractivity contribution in [2.75, 3.05) is 20.0 Å². The molecule has 1 aromatic carbocycles. The molecule has 1 saturated heterocycles. The molecule has 3 atom stereocenters. The first kappa shape index (κ1) is 14.5. The van der Waals surface area contributed by atoms with E-state index in [1.807, 2.05) is 23.9 Å². The Bertz CT molecular complexity index is 425. The van der Waals surface area contributed by atoms with Gasteiger partial charge in [-0.2, -0.15) is 11.8 Å². The highest BCUT2D eigenvalue weighted by Gasteiger charge is 2.24. The second-order valence-corrected chi connectivity index (χ2v) is 6.54. The standard InChI is InChI=1S/C15H23NO2S/c1-10-7-12(9-19-10)16-11(2)14-6-5-13(17-3)8-15(14)18-4/h5-6,8,10-12,16H,7,9H2,1-4H3. The molecule has 1 N–H and O–H groups in total. The average Bonchev–Trinajstić information content (AvgIpc) is 2.83. The Labute approximate surface area is 120 Å². The van der Waals surface area contributed by atoms with E-state index >= 15 is 0 Å². The zero-order chi connectivity index (χ0) is 13.8. The summed E-state index contributed by atoms with van der Waals surface area (Å²) in [6.45, 7) is 4.49. The summed E-state index contributed by atoms with van der Waals surface area (Å²) in [6, 6.07) is 6.90. The van der Waals surface area contributed by atoms with Crippen LogP contribution in [0.4, 0.5) is 0 Å². The van der Waals surface area contributed by atoms with Crippen molar-refractivity contribution in [3.8, 4) is 11.5 Å². The van der Waals surface area contributed by atoms with Gasteiger partial charge in [-0.25, -0.2) is 0 Å². The van der Waals surface area contributed by atoms with Crippen LogP contribution in [0.25, 0.3) is 0 Å². The third kappa shape index (κ3) is 3.57. The summed E-state index contributed by atoms with van der Waals surface area (Å²) in [5.41, 5.74) is 1.19. The zero-order valence-corrected chi connectivity index (χ0v) is 12.9. The first-order valence-electron chi connectivity index (χ1n) is 6.73. The molecule has 0 aliphatic carbocycles. The van der Waals surface area contributed by atoms with E-state index in [0.29, 0.717) is 6.04 Å². The van der Waals surface area contributed by atoms with Crippen LogP contribution in [-0.4, -0.2) is 31.3 Å². The van der Waals surface area contributed by atoms with Gasteiger partial charge in [-0.15, -0.1) is 0 Å². The van der Waals surface area contributed by atoms with Crippen molar-refractivity contribution in [1.29, 1.82) is 0 Å². The van der Waals surface area contributed by atoms with Crippen LogP contribution in [-0.2, 0) is 0 Å². The molecule has 0 spiro atoms. The molecular weight excluding hydrogens is 258 g/mol. The maximum Gasteiger partial charge on any atom is 0.127 e. The molecule has 0 bridgehead atoms. The van der Waals surface area contributed by atoms with Crippen LogP contribution in [0.5, 0.6) is 11.5 Å². The lowest BCUT2D eigenvalue weighted by Gasteiger charge is -2.21. The summed E-state index contributed by atoms with van der Waals surface area (Å²) in [4.78, 5) is 0. The lowest BCUT2D eigenvalue weighted by Crippen LogP contribution is -2.31. The number of hydrogen-bond donors (Lipinski definition) is 1. The van der Waals surface area contributed by atoms with Crippen molar-refractivity contribution < 1.29 is 9.47 Å². The molecule has 4 heteroatoms. The van der Waals surface area contributed by atoms with Crippen molar-refractivity contribution in [2.24, 2.45) is 0 Å². The molecule has 1 fully saturated rings. The predicted molar refractivity (Wildman–Crippen MR) is 81.4 cm³/mol. The first-order valence-corrected chi connectivity index (χ1v) is 7.78. The fraction of sp³-hybridized carbons (Fsp3) is 0.600. The quantitative estimate of drug-likeness (QED) is 0.897. The maximum absolute atomic E-state index is 5.47. The minimum Gasteiger partial charge on any atom is -0.497 e. The molecule has 0 amide bonds. The molecule has 19 heavy (non-hydrogen) atoms.